The van der Waals surface area contributed by atoms with Crippen LogP contribution >= 0.6 is 0 Å². The Kier molecular flexibility index (Phi) is 2.29. The third-order valence-electron chi connectivity index (χ3n) is 4.37. The largest absolute Gasteiger partial charge is 0.336 e. The van der Waals surface area contributed by atoms with Crippen LogP contribution in [-0.4, -0.2) is 62.6 Å². The van der Waals surface area contributed by atoms with Crippen molar-refractivity contribution in [2.24, 2.45) is 0 Å². The molecule has 0 unspecified atom stereocenters. The number of fused-ring (bicyclic) bond motifs is 1. The first kappa shape index (κ1) is 11.7. The van der Waals surface area contributed by atoms with E-state index in [-0.39, 0.29) is 11.6 Å². The summed E-state index contributed by atoms with van der Waals surface area (Å²) in [4.78, 5) is 20.1. The van der Waals surface area contributed by atoms with Crippen molar-refractivity contribution in [1.29, 1.82) is 0 Å². The predicted octanol–water partition coefficient (Wildman–Crippen LogP) is -0.0613. The minimum absolute atomic E-state index is 0.0204. The maximum atomic E-state index is 11.6. The van der Waals surface area contributed by atoms with Gasteiger partial charge in [-0.25, -0.2) is 14.3 Å². The molecule has 0 saturated carbocycles. The summed E-state index contributed by atoms with van der Waals surface area (Å²) in [5.74, 6) is 0. The number of aromatic nitrogens is 3. The highest BCUT2D eigenvalue weighted by molar-refractivity contribution is 5.78. The molecule has 7 heteroatoms. The molecule has 0 aromatic carbocycles. The summed E-state index contributed by atoms with van der Waals surface area (Å²) < 4.78 is 1.79. The van der Waals surface area contributed by atoms with Gasteiger partial charge >= 0.3 is 6.03 Å². The Morgan fingerprint density at radius 3 is 3.05 bits per heavy atom. The van der Waals surface area contributed by atoms with Gasteiger partial charge in [-0.15, -0.1) is 0 Å². The molecule has 2 aromatic heterocycles. The monoisotopic (exact) mass is 272 g/mol. The number of amides is 2. The van der Waals surface area contributed by atoms with Crippen molar-refractivity contribution in [2.75, 3.05) is 26.7 Å². The van der Waals surface area contributed by atoms with Gasteiger partial charge < -0.3 is 10.2 Å². The summed E-state index contributed by atoms with van der Waals surface area (Å²) >= 11 is 0. The molecule has 0 atom stereocenters. The fourth-order valence-corrected chi connectivity index (χ4v) is 3.14. The van der Waals surface area contributed by atoms with E-state index >= 15 is 0 Å². The molecule has 2 saturated heterocycles. The van der Waals surface area contributed by atoms with Crippen LogP contribution in [-0.2, 0) is 6.54 Å². The second-order valence-corrected chi connectivity index (χ2v) is 5.64. The number of hydrogen-bond donors (Lipinski definition) is 1. The molecule has 2 amide bonds. The summed E-state index contributed by atoms with van der Waals surface area (Å²) in [7, 11) is 1.87. The Hall–Kier alpha value is -2.15. The van der Waals surface area contributed by atoms with Crippen molar-refractivity contribution >= 4 is 11.7 Å². The van der Waals surface area contributed by atoms with E-state index in [9.17, 15) is 4.79 Å². The van der Waals surface area contributed by atoms with Crippen molar-refractivity contribution in [3.8, 4) is 0 Å². The van der Waals surface area contributed by atoms with Gasteiger partial charge in [-0.1, -0.05) is 0 Å². The highest BCUT2D eigenvalue weighted by Gasteiger charge is 2.51. The first-order chi connectivity index (χ1) is 9.68. The molecule has 2 aliphatic heterocycles. The summed E-state index contributed by atoms with van der Waals surface area (Å²) in [5.41, 5.74) is 2.01. The third-order valence-corrected chi connectivity index (χ3v) is 4.37. The maximum Gasteiger partial charge on any atom is 0.317 e. The van der Waals surface area contributed by atoms with E-state index < -0.39 is 0 Å². The Bertz CT molecular complexity index is 674. The van der Waals surface area contributed by atoms with Crippen molar-refractivity contribution < 1.29 is 4.79 Å². The fourth-order valence-electron chi connectivity index (χ4n) is 3.14. The lowest BCUT2D eigenvalue weighted by Crippen LogP contribution is -2.68. The number of urea groups is 1. The molecule has 1 spiro atoms. The molecule has 2 fully saturated rings. The molecule has 2 aliphatic rings. The van der Waals surface area contributed by atoms with E-state index in [1.165, 1.54) is 0 Å². The number of nitrogens with one attached hydrogen (secondary N) is 1. The highest BCUT2D eigenvalue weighted by Crippen LogP contribution is 2.31. The predicted molar refractivity (Wildman–Crippen MR) is 72.2 cm³/mol. The van der Waals surface area contributed by atoms with E-state index in [4.69, 9.17) is 0 Å². The van der Waals surface area contributed by atoms with Gasteiger partial charge in [-0.05, 0) is 6.07 Å². The van der Waals surface area contributed by atoms with Crippen LogP contribution in [0.15, 0.2) is 24.7 Å². The molecular formula is C13H16N6O. The molecular weight excluding hydrogens is 256 g/mol. The SMILES string of the molecule is CN1C(=O)NCC12CN(Cc1cnn3cccnc13)C2. The Morgan fingerprint density at radius 2 is 2.30 bits per heavy atom. The second kappa shape index (κ2) is 3.92. The van der Waals surface area contributed by atoms with E-state index in [1.807, 2.05) is 30.4 Å². The molecule has 1 N–H and O–H groups in total. The molecule has 4 heterocycles. The number of nitrogens with zero attached hydrogens (tertiary/aromatic N) is 5. The van der Waals surface area contributed by atoms with Gasteiger partial charge in [0.25, 0.3) is 0 Å². The third kappa shape index (κ3) is 1.53. The van der Waals surface area contributed by atoms with Crippen molar-refractivity contribution in [3.05, 3.63) is 30.2 Å². The van der Waals surface area contributed by atoms with Crippen LogP contribution in [0, 0.1) is 0 Å². The number of likely N-dealkylation sites (N-methyl/N-ethyl adjacent to an activating group) is 1. The number of likely N-dealkylation sites (tertiary alicyclic amines) is 1. The van der Waals surface area contributed by atoms with Crippen LogP contribution in [0.3, 0.4) is 0 Å². The minimum Gasteiger partial charge on any atom is -0.336 e. The molecule has 4 rings (SSSR count). The fraction of sp³-hybridized carbons (Fsp3) is 0.462. The van der Waals surface area contributed by atoms with Crippen LogP contribution < -0.4 is 5.32 Å². The smallest absolute Gasteiger partial charge is 0.317 e. The zero-order valence-electron chi connectivity index (χ0n) is 11.3. The molecule has 0 radical (unpaired) electrons. The number of rotatable bonds is 2. The normalized spacial score (nSPS) is 21.4. The van der Waals surface area contributed by atoms with Gasteiger partial charge in [-0.3, -0.25) is 4.90 Å². The van der Waals surface area contributed by atoms with Crippen LogP contribution in [0.25, 0.3) is 5.65 Å². The van der Waals surface area contributed by atoms with E-state index in [0.717, 1.165) is 37.4 Å². The van der Waals surface area contributed by atoms with Gasteiger partial charge in [0.1, 0.15) is 0 Å². The minimum atomic E-state index is -0.0204. The average Bonchev–Trinajstić information content (AvgIpc) is 2.95. The van der Waals surface area contributed by atoms with Gasteiger partial charge in [-0.2, -0.15) is 5.10 Å². The standard InChI is InChI=1S/C13H16N6O/c1-17-12(20)15-7-13(17)8-18(9-13)6-10-5-16-19-4-2-3-14-11(10)19/h2-5H,6-9H2,1H3,(H,15,20). The molecule has 0 aliphatic carbocycles. The lowest BCUT2D eigenvalue weighted by atomic mass is 9.89. The topological polar surface area (TPSA) is 65.8 Å². The van der Waals surface area contributed by atoms with Gasteiger partial charge in [0.2, 0.25) is 0 Å². The van der Waals surface area contributed by atoms with Gasteiger partial charge in [0.15, 0.2) is 5.65 Å². The first-order valence-corrected chi connectivity index (χ1v) is 6.69. The quantitative estimate of drug-likeness (QED) is 0.831. The lowest BCUT2D eigenvalue weighted by Gasteiger charge is -2.50. The molecule has 104 valence electrons. The summed E-state index contributed by atoms with van der Waals surface area (Å²) in [5, 5.41) is 7.20. The zero-order chi connectivity index (χ0) is 13.7. The molecule has 7 nitrogen and oxygen atoms in total. The van der Waals surface area contributed by atoms with Crippen LogP contribution in [0.4, 0.5) is 4.79 Å². The average molecular weight is 272 g/mol. The Morgan fingerprint density at radius 1 is 1.45 bits per heavy atom. The van der Waals surface area contributed by atoms with E-state index in [2.05, 4.69) is 20.3 Å². The Balaban J connectivity index is 1.49. The maximum absolute atomic E-state index is 11.6. The molecule has 20 heavy (non-hydrogen) atoms. The number of carbonyl (C=O) groups is 1. The molecule has 2 aromatic rings. The first-order valence-electron chi connectivity index (χ1n) is 6.69. The number of hydrogen-bond acceptors (Lipinski definition) is 4. The van der Waals surface area contributed by atoms with E-state index in [0.29, 0.717) is 0 Å². The van der Waals surface area contributed by atoms with Crippen LogP contribution in [0.2, 0.25) is 0 Å². The second-order valence-electron chi connectivity index (χ2n) is 5.64. The lowest BCUT2D eigenvalue weighted by molar-refractivity contribution is -0.000849. The van der Waals surface area contributed by atoms with Crippen molar-refractivity contribution in [2.45, 2.75) is 12.1 Å². The van der Waals surface area contributed by atoms with Crippen LogP contribution in [0.1, 0.15) is 5.56 Å². The van der Waals surface area contributed by atoms with Gasteiger partial charge in [0, 0.05) is 51.2 Å². The zero-order valence-corrected chi connectivity index (χ0v) is 11.3. The van der Waals surface area contributed by atoms with Crippen LogP contribution in [0.5, 0.6) is 0 Å². The Labute approximate surface area is 116 Å². The van der Waals surface area contributed by atoms with Crippen molar-refractivity contribution in [3.63, 3.8) is 0 Å². The number of carbonyl (C=O) groups excluding carboxylic acids is 1. The van der Waals surface area contributed by atoms with Crippen molar-refractivity contribution in [1.82, 2.24) is 29.7 Å². The highest BCUT2D eigenvalue weighted by atomic mass is 16.2. The van der Waals surface area contributed by atoms with Gasteiger partial charge in [0.05, 0.1) is 11.7 Å². The van der Waals surface area contributed by atoms with E-state index in [1.54, 1.807) is 10.7 Å². The summed E-state index contributed by atoms with van der Waals surface area (Å²) in [6, 6.07) is 1.90. The summed E-state index contributed by atoms with van der Waals surface area (Å²) in [6.07, 6.45) is 5.55. The summed E-state index contributed by atoms with van der Waals surface area (Å²) in [6.45, 7) is 3.36. The molecule has 0 bridgehead atoms.